The summed E-state index contributed by atoms with van der Waals surface area (Å²) in [5.74, 6) is 0.362. The van der Waals surface area contributed by atoms with Crippen LogP contribution >= 0.6 is 0 Å². The average Bonchev–Trinajstić information content (AvgIpc) is 2.91. The van der Waals surface area contributed by atoms with Gasteiger partial charge in [-0.2, -0.15) is 0 Å². The highest BCUT2D eigenvalue weighted by atomic mass is 14.8. The SMILES string of the molecule is CC(C)(c1ccccc1)C(N)C1CCc2cccnc21. The fourth-order valence-corrected chi connectivity index (χ4v) is 3.36. The van der Waals surface area contributed by atoms with E-state index in [0.29, 0.717) is 5.92 Å². The molecule has 0 bridgehead atoms. The van der Waals surface area contributed by atoms with Crippen molar-refractivity contribution < 1.29 is 0 Å². The lowest BCUT2D eigenvalue weighted by Crippen LogP contribution is -2.45. The van der Waals surface area contributed by atoms with E-state index in [-0.39, 0.29) is 11.5 Å². The summed E-state index contributed by atoms with van der Waals surface area (Å²) in [6, 6.07) is 14.9. The molecule has 0 aliphatic heterocycles. The molecule has 2 N–H and O–H groups in total. The third-order valence-electron chi connectivity index (χ3n) is 4.79. The second kappa shape index (κ2) is 5.02. The number of benzene rings is 1. The molecule has 1 aromatic carbocycles. The number of nitrogens with two attached hydrogens (primary N) is 1. The Kier molecular flexibility index (Phi) is 3.35. The molecule has 0 saturated heterocycles. The van der Waals surface area contributed by atoms with Gasteiger partial charge < -0.3 is 5.73 Å². The van der Waals surface area contributed by atoms with Crippen molar-refractivity contribution in [3.63, 3.8) is 0 Å². The van der Waals surface area contributed by atoms with Crippen molar-refractivity contribution in [1.29, 1.82) is 0 Å². The van der Waals surface area contributed by atoms with Crippen LogP contribution in [0, 0.1) is 0 Å². The van der Waals surface area contributed by atoms with Crippen molar-refractivity contribution in [1.82, 2.24) is 4.98 Å². The Morgan fingerprint density at radius 3 is 2.65 bits per heavy atom. The molecule has 20 heavy (non-hydrogen) atoms. The van der Waals surface area contributed by atoms with Gasteiger partial charge in [-0.25, -0.2) is 0 Å². The third-order valence-corrected chi connectivity index (χ3v) is 4.79. The molecule has 1 heterocycles. The molecule has 2 atom stereocenters. The van der Waals surface area contributed by atoms with Gasteiger partial charge in [0.15, 0.2) is 0 Å². The van der Waals surface area contributed by atoms with E-state index < -0.39 is 0 Å². The summed E-state index contributed by atoms with van der Waals surface area (Å²) in [6.07, 6.45) is 4.11. The van der Waals surface area contributed by atoms with Gasteiger partial charge >= 0.3 is 0 Å². The zero-order valence-electron chi connectivity index (χ0n) is 12.2. The Morgan fingerprint density at radius 2 is 1.90 bits per heavy atom. The third kappa shape index (κ3) is 2.14. The molecule has 1 aliphatic carbocycles. The number of aryl methyl sites for hydroxylation is 1. The van der Waals surface area contributed by atoms with Crippen molar-refractivity contribution in [3.8, 4) is 0 Å². The van der Waals surface area contributed by atoms with Crippen LogP contribution in [0.1, 0.15) is 43.0 Å². The topological polar surface area (TPSA) is 38.9 Å². The minimum atomic E-state index is -0.0505. The average molecular weight is 266 g/mol. The second-order valence-corrected chi connectivity index (χ2v) is 6.31. The van der Waals surface area contributed by atoms with Crippen LogP contribution in [-0.4, -0.2) is 11.0 Å². The Labute approximate surface area is 121 Å². The Hall–Kier alpha value is -1.67. The van der Waals surface area contributed by atoms with Crippen LogP contribution in [0.3, 0.4) is 0 Å². The summed E-state index contributed by atoms with van der Waals surface area (Å²) in [4.78, 5) is 4.59. The first-order valence-electron chi connectivity index (χ1n) is 7.35. The number of pyridine rings is 1. The highest BCUT2D eigenvalue weighted by Crippen LogP contribution is 2.40. The van der Waals surface area contributed by atoms with Gasteiger partial charge in [0.25, 0.3) is 0 Å². The maximum absolute atomic E-state index is 6.66. The Morgan fingerprint density at radius 1 is 1.15 bits per heavy atom. The van der Waals surface area contributed by atoms with Crippen molar-refractivity contribution >= 4 is 0 Å². The molecular formula is C18H22N2. The van der Waals surface area contributed by atoms with Crippen LogP contribution in [0.25, 0.3) is 0 Å². The number of aromatic nitrogens is 1. The van der Waals surface area contributed by atoms with Gasteiger partial charge in [-0.05, 0) is 30.0 Å². The molecule has 2 aromatic rings. The van der Waals surface area contributed by atoms with E-state index in [1.54, 1.807) is 0 Å². The molecule has 2 nitrogen and oxygen atoms in total. The number of rotatable bonds is 3. The first-order valence-corrected chi connectivity index (χ1v) is 7.35. The van der Waals surface area contributed by atoms with E-state index in [4.69, 9.17) is 5.73 Å². The number of fused-ring (bicyclic) bond motifs is 1. The van der Waals surface area contributed by atoms with Gasteiger partial charge in [0, 0.05) is 29.3 Å². The molecule has 0 fully saturated rings. The number of nitrogens with zero attached hydrogens (tertiary/aromatic N) is 1. The zero-order chi connectivity index (χ0) is 14.2. The first-order chi connectivity index (χ1) is 9.60. The fraction of sp³-hybridized carbons (Fsp3) is 0.389. The van der Waals surface area contributed by atoms with Crippen LogP contribution in [0.2, 0.25) is 0 Å². The number of hydrogen-bond donors (Lipinski definition) is 1. The van der Waals surface area contributed by atoms with E-state index in [2.05, 4.69) is 55.2 Å². The predicted molar refractivity (Wildman–Crippen MR) is 82.7 cm³/mol. The first kappa shape index (κ1) is 13.3. The molecule has 0 amide bonds. The van der Waals surface area contributed by atoms with Gasteiger partial charge in [0.1, 0.15) is 0 Å². The lowest BCUT2D eigenvalue weighted by atomic mass is 9.72. The molecule has 104 valence electrons. The minimum Gasteiger partial charge on any atom is -0.326 e. The molecule has 3 rings (SSSR count). The smallest absolute Gasteiger partial charge is 0.0482 e. The molecule has 2 unspecified atom stereocenters. The lowest BCUT2D eigenvalue weighted by Gasteiger charge is -2.36. The Balaban J connectivity index is 1.92. The number of hydrogen-bond acceptors (Lipinski definition) is 2. The van der Waals surface area contributed by atoms with E-state index in [9.17, 15) is 0 Å². The quantitative estimate of drug-likeness (QED) is 0.924. The van der Waals surface area contributed by atoms with Crippen LogP contribution in [0.15, 0.2) is 48.7 Å². The lowest BCUT2D eigenvalue weighted by molar-refractivity contribution is 0.349. The van der Waals surface area contributed by atoms with Gasteiger partial charge in [-0.15, -0.1) is 0 Å². The van der Waals surface area contributed by atoms with Crippen LogP contribution in [-0.2, 0) is 11.8 Å². The van der Waals surface area contributed by atoms with E-state index in [1.807, 2.05) is 12.3 Å². The summed E-state index contributed by atoms with van der Waals surface area (Å²) >= 11 is 0. The molecule has 0 spiro atoms. The maximum atomic E-state index is 6.66. The molecule has 1 aromatic heterocycles. The Bertz CT molecular complexity index is 589. The summed E-state index contributed by atoms with van der Waals surface area (Å²) in [6.45, 7) is 4.49. The van der Waals surface area contributed by atoms with Gasteiger partial charge in [-0.1, -0.05) is 50.2 Å². The molecule has 2 heteroatoms. The van der Waals surface area contributed by atoms with Crippen LogP contribution < -0.4 is 5.73 Å². The minimum absolute atomic E-state index is 0.0505. The van der Waals surface area contributed by atoms with Crippen molar-refractivity contribution in [3.05, 3.63) is 65.5 Å². The van der Waals surface area contributed by atoms with Crippen LogP contribution in [0.5, 0.6) is 0 Å². The molecular weight excluding hydrogens is 244 g/mol. The summed E-state index contributed by atoms with van der Waals surface area (Å²) in [7, 11) is 0. The maximum Gasteiger partial charge on any atom is 0.0482 e. The van der Waals surface area contributed by atoms with Gasteiger partial charge in [0.2, 0.25) is 0 Å². The molecule has 0 saturated carbocycles. The van der Waals surface area contributed by atoms with Crippen molar-refractivity contribution in [2.75, 3.05) is 0 Å². The summed E-state index contributed by atoms with van der Waals surface area (Å²) in [5.41, 5.74) is 10.5. The van der Waals surface area contributed by atoms with E-state index in [1.165, 1.54) is 16.8 Å². The second-order valence-electron chi connectivity index (χ2n) is 6.31. The zero-order valence-corrected chi connectivity index (χ0v) is 12.2. The molecule has 0 radical (unpaired) electrons. The largest absolute Gasteiger partial charge is 0.326 e. The van der Waals surface area contributed by atoms with Crippen molar-refractivity contribution in [2.24, 2.45) is 5.73 Å². The van der Waals surface area contributed by atoms with E-state index in [0.717, 1.165) is 12.8 Å². The normalized spacial score (nSPS) is 19.6. The monoisotopic (exact) mass is 266 g/mol. The summed E-state index contributed by atoms with van der Waals surface area (Å²) in [5, 5.41) is 0. The van der Waals surface area contributed by atoms with Crippen molar-refractivity contribution in [2.45, 2.75) is 44.1 Å². The fourth-order valence-electron chi connectivity index (χ4n) is 3.36. The summed E-state index contributed by atoms with van der Waals surface area (Å²) < 4.78 is 0. The standard InChI is InChI=1S/C18H22N2/c1-18(2,14-8-4-3-5-9-14)17(19)15-11-10-13-7-6-12-20-16(13)15/h3-9,12,15,17H,10-11,19H2,1-2H3. The van der Waals surface area contributed by atoms with E-state index >= 15 is 0 Å². The van der Waals surface area contributed by atoms with Gasteiger partial charge in [0.05, 0.1) is 0 Å². The predicted octanol–water partition coefficient (Wildman–Crippen LogP) is 3.42. The molecule has 1 aliphatic rings. The highest BCUT2D eigenvalue weighted by molar-refractivity contribution is 5.34. The van der Waals surface area contributed by atoms with Gasteiger partial charge in [-0.3, -0.25) is 4.98 Å². The highest BCUT2D eigenvalue weighted by Gasteiger charge is 2.38. The van der Waals surface area contributed by atoms with Crippen LogP contribution in [0.4, 0.5) is 0 Å².